The van der Waals surface area contributed by atoms with E-state index in [0.29, 0.717) is 13.2 Å². The molecule has 18 heavy (non-hydrogen) atoms. The summed E-state index contributed by atoms with van der Waals surface area (Å²) < 4.78 is 10.4. The maximum Gasteiger partial charge on any atom is 0.313 e. The van der Waals surface area contributed by atoms with Gasteiger partial charge in [-0.05, 0) is 18.4 Å². The van der Waals surface area contributed by atoms with Crippen LogP contribution in [-0.4, -0.2) is 37.5 Å². The molecule has 1 heterocycles. The fourth-order valence-corrected chi connectivity index (χ4v) is 3.29. The van der Waals surface area contributed by atoms with Crippen LogP contribution >= 0.6 is 0 Å². The van der Waals surface area contributed by atoms with Crippen molar-refractivity contribution in [3.63, 3.8) is 0 Å². The highest BCUT2D eigenvalue weighted by atomic mass is 16.5. The van der Waals surface area contributed by atoms with Crippen LogP contribution in [0.25, 0.3) is 0 Å². The normalized spacial score (nSPS) is 38.3. The lowest BCUT2D eigenvalue weighted by Crippen LogP contribution is -2.24. The summed E-state index contributed by atoms with van der Waals surface area (Å²) >= 11 is 0. The van der Waals surface area contributed by atoms with Crippen LogP contribution in [0.2, 0.25) is 0 Å². The largest absolute Gasteiger partial charge is 0.469 e. The fourth-order valence-electron chi connectivity index (χ4n) is 3.29. The Morgan fingerprint density at radius 2 is 2.28 bits per heavy atom. The molecule has 4 atom stereocenters. The Hall–Kier alpha value is -1.13. The van der Waals surface area contributed by atoms with Crippen LogP contribution in [0.15, 0.2) is 23.3 Å². The van der Waals surface area contributed by atoms with Gasteiger partial charge in [0, 0.05) is 11.8 Å². The molecule has 98 valence electrons. The molecule has 0 amide bonds. The highest BCUT2D eigenvalue weighted by Crippen LogP contribution is 2.41. The van der Waals surface area contributed by atoms with Crippen molar-refractivity contribution in [2.45, 2.75) is 18.9 Å². The molecular formula is C14H18O4. The summed E-state index contributed by atoms with van der Waals surface area (Å²) in [6.45, 7) is 1.14. The predicted molar refractivity (Wildman–Crippen MR) is 64.7 cm³/mol. The minimum Gasteiger partial charge on any atom is -0.469 e. The zero-order chi connectivity index (χ0) is 12.7. The number of hydrogen-bond donors (Lipinski definition) is 1. The van der Waals surface area contributed by atoms with E-state index in [2.05, 4.69) is 6.08 Å². The van der Waals surface area contributed by atoms with Crippen LogP contribution in [0, 0.1) is 17.8 Å². The van der Waals surface area contributed by atoms with E-state index in [4.69, 9.17) is 9.47 Å². The third-order valence-electron chi connectivity index (χ3n) is 4.31. The van der Waals surface area contributed by atoms with Crippen molar-refractivity contribution < 1.29 is 19.4 Å². The lowest BCUT2D eigenvalue weighted by atomic mass is 9.88. The maximum atomic E-state index is 11.9. The maximum absolute atomic E-state index is 11.9. The van der Waals surface area contributed by atoms with Crippen molar-refractivity contribution in [3.8, 4) is 0 Å². The molecule has 1 aliphatic heterocycles. The fraction of sp³-hybridized carbons (Fsp3) is 0.643. The van der Waals surface area contributed by atoms with E-state index in [9.17, 15) is 9.90 Å². The molecule has 4 nitrogen and oxygen atoms in total. The highest BCUT2D eigenvalue weighted by molar-refractivity contribution is 5.76. The standard InChI is InChI=1S/C14H18O4/c1-17-14(16)11-4-8-2-3-13(15)10(8)5-9-6-18-7-12(9)11/h4-5,10-13,15H,2-3,6-7H2,1H3/t10-,11-,12+,13+/m1/s1. The second kappa shape index (κ2) is 4.52. The summed E-state index contributed by atoms with van der Waals surface area (Å²) in [7, 11) is 1.42. The van der Waals surface area contributed by atoms with Crippen LogP contribution in [0.4, 0.5) is 0 Å². The summed E-state index contributed by atoms with van der Waals surface area (Å²) in [5, 5.41) is 10.0. The lowest BCUT2D eigenvalue weighted by Gasteiger charge is -2.17. The number of ether oxygens (including phenoxy) is 2. The van der Waals surface area contributed by atoms with Crippen LogP contribution in [0.5, 0.6) is 0 Å². The zero-order valence-electron chi connectivity index (χ0n) is 10.5. The number of aliphatic hydroxyl groups excluding tert-OH is 1. The van der Waals surface area contributed by atoms with Gasteiger partial charge < -0.3 is 14.6 Å². The second-order valence-electron chi connectivity index (χ2n) is 5.29. The number of carbonyl (C=O) groups is 1. The molecule has 0 spiro atoms. The molecule has 4 heteroatoms. The number of esters is 1. The summed E-state index contributed by atoms with van der Waals surface area (Å²) in [4.78, 5) is 11.9. The average molecular weight is 250 g/mol. The van der Waals surface area contributed by atoms with Gasteiger partial charge in [-0.2, -0.15) is 0 Å². The van der Waals surface area contributed by atoms with E-state index < -0.39 is 0 Å². The van der Waals surface area contributed by atoms with Crippen LogP contribution in [-0.2, 0) is 14.3 Å². The Balaban J connectivity index is 2.00. The van der Waals surface area contributed by atoms with E-state index in [1.807, 2.05) is 6.08 Å². The van der Waals surface area contributed by atoms with E-state index in [1.54, 1.807) is 0 Å². The monoisotopic (exact) mass is 250 g/mol. The number of methoxy groups -OCH3 is 1. The second-order valence-corrected chi connectivity index (χ2v) is 5.29. The lowest BCUT2D eigenvalue weighted by molar-refractivity contribution is -0.145. The molecule has 2 aliphatic carbocycles. The number of rotatable bonds is 1. The summed E-state index contributed by atoms with van der Waals surface area (Å²) in [5.74, 6) is -0.304. The molecular weight excluding hydrogens is 232 g/mol. The smallest absolute Gasteiger partial charge is 0.313 e. The minimum absolute atomic E-state index is 0.0684. The molecule has 3 rings (SSSR count). The summed E-state index contributed by atoms with van der Waals surface area (Å²) in [6, 6.07) is 0. The number of aliphatic hydroxyl groups is 1. The Morgan fingerprint density at radius 1 is 1.44 bits per heavy atom. The quantitative estimate of drug-likeness (QED) is 0.558. The van der Waals surface area contributed by atoms with Gasteiger partial charge in [-0.15, -0.1) is 0 Å². The number of hydrogen-bond acceptors (Lipinski definition) is 4. The van der Waals surface area contributed by atoms with Crippen molar-refractivity contribution in [1.82, 2.24) is 0 Å². The van der Waals surface area contributed by atoms with Crippen molar-refractivity contribution in [3.05, 3.63) is 23.3 Å². The van der Waals surface area contributed by atoms with Gasteiger partial charge in [0.15, 0.2) is 0 Å². The molecule has 1 N–H and O–H groups in total. The van der Waals surface area contributed by atoms with Crippen molar-refractivity contribution >= 4 is 5.97 Å². The van der Waals surface area contributed by atoms with Crippen molar-refractivity contribution in [2.75, 3.05) is 20.3 Å². The third-order valence-corrected chi connectivity index (χ3v) is 4.31. The minimum atomic E-state index is -0.318. The molecule has 0 bridgehead atoms. The first-order chi connectivity index (χ1) is 8.70. The van der Waals surface area contributed by atoms with Gasteiger partial charge in [0.25, 0.3) is 0 Å². The SMILES string of the molecule is COC(=O)[C@@H]1C=C2CC[C@H](O)[C@@H]2C=C2COC[C@@H]21. The Kier molecular flexibility index (Phi) is 2.99. The van der Waals surface area contributed by atoms with Gasteiger partial charge in [-0.25, -0.2) is 0 Å². The topological polar surface area (TPSA) is 55.8 Å². The molecule has 0 aromatic carbocycles. The first kappa shape index (κ1) is 11.9. The van der Waals surface area contributed by atoms with Crippen LogP contribution < -0.4 is 0 Å². The van der Waals surface area contributed by atoms with Crippen LogP contribution in [0.3, 0.4) is 0 Å². The third kappa shape index (κ3) is 1.80. The molecule has 0 aromatic heterocycles. The van der Waals surface area contributed by atoms with E-state index in [0.717, 1.165) is 18.4 Å². The Bertz CT molecular complexity index is 424. The van der Waals surface area contributed by atoms with Gasteiger partial charge in [0.05, 0.1) is 32.3 Å². The van der Waals surface area contributed by atoms with E-state index in [-0.39, 0.29) is 29.8 Å². The molecule has 3 aliphatic rings. The number of fused-ring (bicyclic) bond motifs is 2. The van der Waals surface area contributed by atoms with Gasteiger partial charge in [0.2, 0.25) is 0 Å². The molecule has 0 unspecified atom stereocenters. The Morgan fingerprint density at radius 3 is 3.06 bits per heavy atom. The van der Waals surface area contributed by atoms with Crippen molar-refractivity contribution in [1.29, 1.82) is 0 Å². The van der Waals surface area contributed by atoms with Gasteiger partial charge in [0.1, 0.15) is 0 Å². The average Bonchev–Trinajstić information content (AvgIpc) is 2.92. The van der Waals surface area contributed by atoms with Crippen LogP contribution in [0.1, 0.15) is 12.8 Å². The van der Waals surface area contributed by atoms with E-state index in [1.165, 1.54) is 12.7 Å². The molecule has 2 fully saturated rings. The van der Waals surface area contributed by atoms with Gasteiger partial charge >= 0.3 is 5.97 Å². The summed E-state index contributed by atoms with van der Waals surface area (Å²) in [5.41, 5.74) is 2.32. The number of carbonyl (C=O) groups excluding carboxylic acids is 1. The zero-order valence-corrected chi connectivity index (χ0v) is 10.5. The first-order valence-electron chi connectivity index (χ1n) is 6.45. The molecule has 0 radical (unpaired) electrons. The molecule has 0 aromatic rings. The highest BCUT2D eigenvalue weighted by Gasteiger charge is 2.40. The summed E-state index contributed by atoms with van der Waals surface area (Å²) in [6.07, 6.45) is 5.46. The molecule has 1 saturated heterocycles. The van der Waals surface area contributed by atoms with Crippen molar-refractivity contribution in [2.24, 2.45) is 17.8 Å². The Labute approximate surface area is 106 Å². The van der Waals surface area contributed by atoms with Gasteiger partial charge in [-0.1, -0.05) is 17.7 Å². The van der Waals surface area contributed by atoms with Gasteiger partial charge in [-0.3, -0.25) is 4.79 Å². The first-order valence-corrected chi connectivity index (χ1v) is 6.45. The van der Waals surface area contributed by atoms with E-state index >= 15 is 0 Å². The molecule has 1 saturated carbocycles. The predicted octanol–water partition coefficient (Wildman–Crippen LogP) is 1.06.